The van der Waals surface area contributed by atoms with Crippen molar-refractivity contribution >= 4 is 35.2 Å². The zero-order valence-corrected chi connectivity index (χ0v) is 14.1. The van der Waals surface area contributed by atoms with Gasteiger partial charge in [0.1, 0.15) is 10.9 Å². The monoisotopic (exact) mass is 329 g/mol. The predicted molar refractivity (Wildman–Crippen MR) is 82.7 cm³/mol. The molecule has 2 unspecified atom stereocenters. The first-order valence-corrected chi connectivity index (χ1v) is 8.59. The lowest BCUT2D eigenvalue weighted by Gasteiger charge is -2.27. The Morgan fingerprint density at radius 3 is 2.62 bits per heavy atom. The lowest BCUT2D eigenvalue weighted by atomic mass is 9.91. The summed E-state index contributed by atoms with van der Waals surface area (Å²) in [5.41, 5.74) is 0.332. The third kappa shape index (κ3) is 3.06. The Balaban J connectivity index is 2.38. The fourth-order valence-electron chi connectivity index (χ4n) is 2.28. The van der Waals surface area contributed by atoms with Crippen molar-refractivity contribution in [2.45, 2.75) is 50.9 Å². The molecule has 1 amide bonds. The van der Waals surface area contributed by atoms with Gasteiger partial charge in [-0.3, -0.25) is 4.79 Å². The van der Waals surface area contributed by atoms with E-state index < -0.39 is 12.0 Å². The van der Waals surface area contributed by atoms with Crippen LogP contribution in [0.2, 0.25) is 0 Å². The number of carboxylic acids is 1. The van der Waals surface area contributed by atoms with Crippen LogP contribution in [0.25, 0.3) is 0 Å². The largest absolute Gasteiger partial charge is 0.480 e. The van der Waals surface area contributed by atoms with Gasteiger partial charge in [0.25, 0.3) is 5.91 Å². The molecule has 2 atom stereocenters. The zero-order valence-electron chi connectivity index (χ0n) is 12.5. The van der Waals surface area contributed by atoms with Crippen LogP contribution in [0.4, 0.5) is 0 Å². The average Bonchev–Trinajstić information content (AvgIpc) is 3.03. The fraction of sp³-hybridized carbons (Fsp3) is 0.692. The molecule has 1 aromatic rings. The maximum Gasteiger partial charge on any atom is 0.327 e. The standard InChI is InChI=1S/C13H19N3O3S2/c1-5-8-16(7(6-20-8)12(18)19)11(17)9-10(13(2,3)4)14-15-21-9/h7-8H,5-6H2,1-4H3,(H,18,19). The molecule has 0 aliphatic carbocycles. The first-order chi connectivity index (χ1) is 9.77. The van der Waals surface area contributed by atoms with E-state index in [0.717, 1.165) is 18.0 Å². The lowest BCUT2D eigenvalue weighted by molar-refractivity contribution is -0.141. The van der Waals surface area contributed by atoms with Gasteiger partial charge in [-0.2, -0.15) is 0 Å². The second-order valence-electron chi connectivity index (χ2n) is 5.96. The van der Waals surface area contributed by atoms with Crippen LogP contribution in [-0.2, 0) is 10.2 Å². The Morgan fingerprint density at radius 2 is 2.10 bits per heavy atom. The molecule has 0 aromatic carbocycles. The van der Waals surface area contributed by atoms with Crippen molar-refractivity contribution in [3.63, 3.8) is 0 Å². The third-order valence-electron chi connectivity index (χ3n) is 3.35. The molecular formula is C13H19N3O3S2. The summed E-state index contributed by atoms with van der Waals surface area (Å²) in [6.07, 6.45) is 0.720. The highest BCUT2D eigenvalue weighted by Crippen LogP contribution is 2.35. The van der Waals surface area contributed by atoms with Gasteiger partial charge in [0, 0.05) is 11.2 Å². The molecule has 6 nitrogen and oxygen atoms in total. The number of carbonyl (C=O) groups excluding carboxylic acids is 1. The predicted octanol–water partition coefficient (Wildman–Crippen LogP) is 2.21. The summed E-state index contributed by atoms with van der Waals surface area (Å²) in [5, 5.41) is 13.3. The fourth-order valence-corrected chi connectivity index (χ4v) is 4.45. The van der Waals surface area contributed by atoms with E-state index in [1.807, 2.05) is 27.7 Å². The van der Waals surface area contributed by atoms with E-state index >= 15 is 0 Å². The summed E-state index contributed by atoms with van der Waals surface area (Å²) in [4.78, 5) is 26.2. The van der Waals surface area contributed by atoms with Gasteiger partial charge in [0.05, 0.1) is 11.1 Å². The van der Waals surface area contributed by atoms with E-state index in [2.05, 4.69) is 9.59 Å². The minimum atomic E-state index is -0.957. The Bertz CT molecular complexity index is 553. The molecule has 0 radical (unpaired) electrons. The second-order valence-corrected chi connectivity index (χ2v) is 7.93. The molecule has 0 spiro atoms. The first-order valence-electron chi connectivity index (χ1n) is 6.77. The minimum absolute atomic E-state index is 0.103. The third-order valence-corrected chi connectivity index (χ3v) is 5.52. The van der Waals surface area contributed by atoms with Crippen LogP contribution in [0.3, 0.4) is 0 Å². The summed E-state index contributed by atoms with van der Waals surface area (Å²) in [7, 11) is 0. The van der Waals surface area contributed by atoms with E-state index in [1.165, 1.54) is 16.7 Å². The highest BCUT2D eigenvalue weighted by Gasteiger charge is 2.43. The van der Waals surface area contributed by atoms with Crippen LogP contribution in [0.15, 0.2) is 0 Å². The van der Waals surface area contributed by atoms with Gasteiger partial charge in [-0.25, -0.2) is 4.79 Å². The van der Waals surface area contributed by atoms with Crippen molar-refractivity contribution in [1.29, 1.82) is 0 Å². The molecule has 1 aromatic heterocycles. The molecule has 0 saturated carbocycles. The van der Waals surface area contributed by atoms with Crippen LogP contribution in [0.5, 0.6) is 0 Å². The average molecular weight is 329 g/mol. The Kier molecular flexibility index (Phi) is 4.57. The molecule has 1 fully saturated rings. The SMILES string of the molecule is CCC1SCC(C(=O)O)N1C(=O)c1snnc1C(C)(C)C. The van der Waals surface area contributed by atoms with Gasteiger partial charge in [0.15, 0.2) is 0 Å². The summed E-state index contributed by atoms with van der Waals surface area (Å²) in [6, 6.07) is -0.776. The van der Waals surface area contributed by atoms with Crippen LogP contribution < -0.4 is 0 Å². The summed E-state index contributed by atoms with van der Waals surface area (Å²) >= 11 is 2.56. The maximum absolute atomic E-state index is 12.8. The Labute approximate surface area is 132 Å². The van der Waals surface area contributed by atoms with Crippen LogP contribution in [-0.4, -0.2) is 48.6 Å². The van der Waals surface area contributed by atoms with Crippen molar-refractivity contribution in [2.75, 3.05) is 5.75 Å². The number of hydrogen-bond acceptors (Lipinski definition) is 6. The smallest absolute Gasteiger partial charge is 0.327 e. The summed E-state index contributed by atoms with van der Waals surface area (Å²) < 4.78 is 3.89. The van der Waals surface area contributed by atoms with Gasteiger partial charge in [-0.15, -0.1) is 16.9 Å². The number of thioether (sulfide) groups is 1. The molecule has 2 rings (SSSR count). The summed E-state index contributed by atoms with van der Waals surface area (Å²) in [6.45, 7) is 7.85. The van der Waals surface area contributed by atoms with Gasteiger partial charge >= 0.3 is 5.97 Å². The molecule has 2 heterocycles. The summed E-state index contributed by atoms with van der Waals surface area (Å²) in [5.74, 6) is -0.794. The quantitative estimate of drug-likeness (QED) is 0.915. The maximum atomic E-state index is 12.8. The minimum Gasteiger partial charge on any atom is -0.480 e. The highest BCUT2D eigenvalue weighted by atomic mass is 32.2. The highest BCUT2D eigenvalue weighted by molar-refractivity contribution is 8.00. The number of aliphatic carboxylic acids is 1. The van der Waals surface area contributed by atoms with Gasteiger partial charge in [0.2, 0.25) is 0 Å². The molecule has 116 valence electrons. The molecule has 1 aliphatic rings. The number of carbonyl (C=O) groups is 2. The number of nitrogens with zero attached hydrogens (tertiary/aromatic N) is 3. The molecule has 1 N–H and O–H groups in total. The number of aromatic nitrogens is 2. The van der Waals surface area contributed by atoms with Gasteiger partial charge in [-0.05, 0) is 18.0 Å². The molecule has 1 aliphatic heterocycles. The molecule has 1 saturated heterocycles. The zero-order chi connectivity index (χ0) is 15.8. The van der Waals surface area contributed by atoms with Gasteiger partial charge in [-0.1, -0.05) is 32.2 Å². The molecule has 8 heteroatoms. The van der Waals surface area contributed by atoms with Crippen molar-refractivity contribution in [2.24, 2.45) is 0 Å². The van der Waals surface area contributed by atoms with Crippen molar-refractivity contribution in [3.8, 4) is 0 Å². The number of hydrogen-bond donors (Lipinski definition) is 1. The van der Waals surface area contributed by atoms with Crippen LogP contribution in [0, 0.1) is 0 Å². The molecular weight excluding hydrogens is 310 g/mol. The number of carboxylic acid groups (broad SMARTS) is 1. The second kappa shape index (κ2) is 5.92. The number of rotatable bonds is 3. The van der Waals surface area contributed by atoms with E-state index in [0.29, 0.717) is 16.3 Å². The van der Waals surface area contributed by atoms with E-state index in [1.54, 1.807) is 0 Å². The first kappa shape index (κ1) is 16.2. The van der Waals surface area contributed by atoms with Crippen molar-refractivity contribution in [3.05, 3.63) is 10.6 Å². The number of amides is 1. The van der Waals surface area contributed by atoms with E-state index in [9.17, 15) is 14.7 Å². The van der Waals surface area contributed by atoms with Gasteiger partial charge < -0.3 is 10.0 Å². The van der Waals surface area contributed by atoms with Crippen molar-refractivity contribution in [1.82, 2.24) is 14.5 Å². The van der Waals surface area contributed by atoms with E-state index in [4.69, 9.17) is 0 Å². The van der Waals surface area contributed by atoms with Crippen LogP contribution in [0.1, 0.15) is 49.5 Å². The van der Waals surface area contributed by atoms with Crippen LogP contribution >= 0.6 is 23.3 Å². The van der Waals surface area contributed by atoms with E-state index in [-0.39, 0.29) is 16.7 Å². The molecule has 21 heavy (non-hydrogen) atoms. The Hall–Kier alpha value is -1.15. The Morgan fingerprint density at radius 1 is 1.43 bits per heavy atom. The lowest BCUT2D eigenvalue weighted by Crippen LogP contribution is -2.45. The topological polar surface area (TPSA) is 83.4 Å². The normalized spacial score (nSPS) is 22.6. The molecule has 0 bridgehead atoms. The van der Waals surface area contributed by atoms with Crippen molar-refractivity contribution < 1.29 is 14.7 Å².